The average molecular weight is 543 g/mol. The van der Waals surface area contributed by atoms with E-state index in [1.807, 2.05) is 30.3 Å². The van der Waals surface area contributed by atoms with E-state index in [1.54, 1.807) is 13.3 Å². The SMILES string of the molecule is COc1ccc2c(c1)OCCn1c-2c(C2CCCCC2)c2ccc(C(=O)N[C@@](C)(Cc3c[nH]cn3)C(=O)O)cc21. The molecule has 6 rings (SSSR count). The average Bonchev–Trinajstić information content (AvgIpc) is 3.53. The number of nitrogens with zero attached hydrogens (tertiary/aromatic N) is 2. The lowest BCUT2D eigenvalue weighted by atomic mass is 9.81. The predicted molar refractivity (Wildman–Crippen MR) is 151 cm³/mol. The largest absolute Gasteiger partial charge is 0.497 e. The summed E-state index contributed by atoms with van der Waals surface area (Å²) in [6, 6.07) is 11.7. The van der Waals surface area contributed by atoms with Gasteiger partial charge in [-0.05, 0) is 55.5 Å². The van der Waals surface area contributed by atoms with Crippen molar-refractivity contribution in [2.45, 2.75) is 63.5 Å². The van der Waals surface area contributed by atoms with E-state index in [0.717, 1.165) is 46.5 Å². The molecule has 1 saturated carbocycles. The summed E-state index contributed by atoms with van der Waals surface area (Å²) in [5, 5.41) is 13.9. The molecule has 0 saturated heterocycles. The molecule has 1 aliphatic heterocycles. The third-order valence-corrected chi connectivity index (χ3v) is 8.35. The normalized spacial score (nSPS) is 16.8. The van der Waals surface area contributed by atoms with Crippen LogP contribution in [-0.4, -0.2) is 50.8 Å². The number of hydrogen-bond donors (Lipinski definition) is 3. The Hall–Kier alpha value is -4.27. The summed E-state index contributed by atoms with van der Waals surface area (Å²) in [4.78, 5) is 32.7. The predicted octanol–water partition coefficient (Wildman–Crippen LogP) is 5.30. The second-order valence-electron chi connectivity index (χ2n) is 11.0. The molecule has 9 heteroatoms. The van der Waals surface area contributed by atoms with Crippen LogP contribution in [0.1, 0.15) is 66.6 Å². The van der Waals surface area contributed by atoms with Crippen molar-refractivity contribution in [2.75, 3.05) is 13.7 Å². The van der Waals surface area contributed by atoms with Crippen LogP contribution in [0.15, 0.2) is 48.9 Å². The fourth-order valence-electron chi connectivity index (χ4n) is 6.28. The minimum atomic E-state index is -1.52. The molecule has 1 atom stereocenters. The molecule has 9 nitrogen and oxygen atoms in total. The zero-order valence-electron chi connectivity index (χ0n) is 22.8. The lowest BCUT2D eigenvalue weighted by molar-refractivity contribution is -0.143. The molecule has 1 fully saturated rings. The maximum Gasteiger partial charge on any atom is 0.329 e. The standard InChI is InChI=1S/C31H34N4O5/c1-31(30(37)38,16-21-17-32-18-33-21)34-29(36)20-8-10-23-25(14-20)35-12-13-40-26-15-22(39-2)9-11-24(26)28(35)27(23)19-6-4-3-5-7-19/h8-11,14-15,17-19H,3-7,12-13,16H2,1-2H3,(H,32,33)(H,34,36)(H,37,38)/t31-/m0/s1. The number of carboxylic acids is 1. The molecule has 40 heavy (non-hydrogen) atoms. The molecule has 0 radical (unpaired) electrons. The number of methoxy groups -OCH3 is 1. The third-order valence-electron chi connectivity index (χ3n) is 8.35. The molecule has 0 spiro atoms. The van der Waals surface area contributed by atoms with Gasteiger partial charge in [0.2, 0.25) is 0 Å². The molecule has 2 aromatic carbocycles. The number of imidazole rings is 1. The molecular formula is C31H34N4O5. The molecule has 208 valence electrons. The molecule has 3 heterocycles. The van der Waals surface area contributed by atoms with Gasteiger partial charge in [0.25, 0.3) is 5.91 Å². The number of carboxylic acid groups (broad SMARTS) is 1. The number of aromatic amines is 1. The van der Waals surface area contributed by atoms with Gasteiger partial charge < -0.3 is 29.4 Å². The number of carbonyl (C=O) groups excluding carboxylic acids is 1. The van der Waals surface area contributed by atoms with E-state index in [4.69, 9.17) is 9.47 Å². The minimum Gasteiger partial charge on any atom is -0.497 e. The third kappa shape index (κ3) is 4.59. The molecule has 4 aromatic rings. The number of aliphatic carboxylic acids is 1. The van der Waals surface area contributed by atoms with Gasteiger partial charge in [-0.1, -0.05) is 25.3 Å². The summed E-state index contributed by atoms with van der Waals surface area (Å²) in [5.74, 6) is 0.408. The van der Waals surface area contributed by atoms with Gasteiger partial charge in [-0.2, -0.15) is 0 Å². The highest BCUT2D eigenvalue weighted by molar-refractivity contribution is 6.02. The second kappa shape index (κ2) is 10.4. The van der Waals surface area contributed by atoms with Crippen LogP contribution in [0, 0.1) is 0 Å². The number of benzene rings is 2. The van der Waals surface area contributed by atoms with Gasteiger partial charge >= 0.3 is 5.97 Å². The van der Waals surface area contributed by atoms with E-state index >= 15 is 0 Å². The Balaban J connectivity index is 1.45. The van der Waals surface area contributed by atoms with Crippen molar-refractivity contribution >= 4 is 22.8 Å². The Bertz CT molecular complexity index is 1570. The smallest absolute Gasteiger partial charge is 0.329 e. The van der Waals surface area contributed by atoms with Gasteiger partial charge in [0.1, 0.15) is 23.6 Å². The van der Waals surface area contributed by atoms with Gasteiger partial charge in [0.15, 0.2) is 0 Å². The van der Waals surface area contributed by atoms with E-state index < -0.39 is 17.4 Å². The Morgan fingerprint density at radius 3 is 2.75 bits per heavy atom. The Morgan fingerprint density at radius 2 is 2.02 bits per heavy atom. The second-order valence-corrected chi connectivity index (χ2v) is 11.0. The fourth-order valence-corrected chi connectivity index (χ4v) is 6.28. The van der Waals surface area contributed by atoms with Crippen molar-refractivity contribution in [1.82, 2.24) is 19.9 Å². The van der Waals surface area contributed by atoms with Crippen LogP contribution in [0.2, 0.25) is 0 Å². The van der Waals surface area contributed by atoms with E-state index in [9.17, 15) is 14.7 Å². The molecule has 0 unspecified atom stereocenters. The maximum absolute atomic E-state index is 13.5. The van der Waals surface area contributed by atoms with Crippen molar-refractivity contribution < 1.29 is 24.2 Å². The summed E-state index contributed by atoms with van der Waals surface area (Å²) >= 11 is 0. The van der Waals surface area contributed by atoms with Gasteiger partial charge in [-0.25, -0.2) is 9.78 Å². The number of H-pyrrole nitrogens is 1. The number of amides is 1. The first-order valence-corrected chi connectivity index (χ1v) is 13.9. The van der Waals surface area contributed by atoms with Crippen molar-refractivity contribution in [3.63, 3.8) is 0 Å². The van der Waals surface area contributed by atoms with E-state index in [-0.39, 0.29) is 6.42 Å². The van der Waals surface area contributed by atoms with Gasteiger partial charge in [0, 0.05) is 40.7 Å². The Labute approximate surface area is 232 Å². The first kappa shape index (κ1) is 26.0. The zero-order chi connectivity index (χ0) is 27.9. The Kier molecular flexibility index (Phi) is 6.73. The molecule has 1 aliphatic carbocycles. The number of rotatable bonds is 7. The zero-order valence-corrected chi connectivity index (χ0v) is 22.8. The van der Waals surface area contributed by atoms with E-state index in [1.165, 1.54) is 38.1 Å². The van der Waals surface area contributed by atoms with Crippen molar-refractivity contribution in [3.05, 3.63) is 65.7 Å². The molecule has 0 bridgehead atoms. The van der Waals surface area contributed by atoms with Gasteiger partial charge in [0.05, 0.1) is 31.4 Å². The van der Waals surface area contributed by atoms with Crippen LogP contribution in [-0.2, 0) is 17.8 Å². The number of nitrogens with one attached hydrogen (secondary N) is 2. The monoisotopic (exact) mass is 542 g/mol. The number of carbonyl (C=O) groups is 2. The van der Waals surface area contributed by atoms with Crippen molar-refractivity contribution in [2.24, 2.45) is 0 Å². The van der Waals surface area contributed by atoms with Crippen molar-refractivity contribution in [1.29, 1.82) is 0 Å². The van der Waals surface area contributed by atoms with Crippen LogP contribution in [0.5, 0.6) is 11.5 Å². The Morgan fingerprint density at radius 1 is 1.20 bits per heavy atom. The molecule has 2 aromatic heterocycles. The van der Waals surface area contributed by atoms with Crippen LogP contribution in [0.25, 0.3) is 22.2 Å². The number of hydrogen-bond acceptors (Lipinski definition) is 5. The molecule has 3 N–H and O–H groups in total. The van der Waals surface area contributed by atoms with E-state index in [2.05, 4.69) is 25.9 Å². The molecular weight excluding hydrogens is 508 g/mol. The lowest BCUT2D eigenvalue weighted by Crippen LogP contribution is -2.53. The highest BCUT2D eigenvalue weighted by Gasteiger charge is 2.36. The fraction of sp³-hybridized carbons (Fsp3) is 0.387. The minimum absolute atomic E-state index is 0.0593. The maximum atomic E-state index is 13.5. The van der Waals surface area contributed by atoms with Crippen LogP contribution in [0.4, 0.5) is 0 Å². The number of aromatic nitrogens is 3. The lowest BCUT2D eigenvalue weighted by Gasteiger charge is -2.25. The topological polar surface area (TPSA) is 118 Å². The quantitative estimate of drug-likeness (QED) is 0.292. The summed E-state index contributed by atoms with van der Waals surface area (Å²) < 4.78 is 13.9. The summed E-state index contributed by atoms with van der Waals surface area (Å²) in [6.45, 7) is 2.62. The molecule has 2 aliphatic rings. The van der Waals surface area contributed by atoms with Gasteiger partial charge in [-0.15, -0.1) is 0 Å². The van der Waals surface area contributed by atoms with E-state index in [0.29, 0.717) is 30.3 Å². The van der Waals surface area contributed by atoms with Gasteiger partial charge in [-0.3, -0.25) is 4.79 Å². The highest BCUT2D eigenvalue weighted by atomic mass is 16.5. The number of fused-ring (bicyclic) bond motifs is 5. The first-order chi connectivity index (χ1) is 19.4. The number of ether oxygens (including phenoxy) is 2. The summed E-state index contributed by atoms with van der Waals surface area (Å²) in [6.07, 6.45) is 9.11. The van der Waals surface area contributed by atoms with Crippen LogP contribution < -0.4 is 14.8 Å². The first-order valence-electron chi connectivity index (χ1n) is 13.9. The highest BCUT2D eigenvalue weighted by Crippen LogP contribution is 2.47. The van der Waals surface area contributed by atoms with Crippen molar-refractivity contribution in [3.8, 4) is 22.8 Å². The summed E-state index contributed by atoms with van der Waals surface area (Å²) in [7, 11) is 1.65. The molecule has 1 amide bonds. The van der Waals surface area contributed by atoms with Crippen LogP contribution in [0.3, 0.4) is 0 Å². The summed E-state index contributed by atoms with van der Waals surface area (Å²) in [5.41, 5.74) is 3.90. The van der Waals surface area contributed by atoms with Crippen LogP contribution >= 0.6 is 0 Å².